The van der Waals surface area contributed by atoms with E-state index < -0.39 is 28.4 Å². The summed E-state index contributed by atoms with van der Waals surface area (Å²) in [5, 5.41) is 0.170. The quantitative estimate of drug-likeness (QED) is 0.497. The number of nitrogens with one attached hydrogen (secondary N) is 1. The van der Waals surface area contributed by atoms with Crippen LogP contribution in [-0.4, -0.2) is 36.1 Å². The van der Waals surface area contributed by atoms with Crippen LogP contribution < -0.4 is 33.1 Å². The molecule has 0 fully saturated rings. The van der Waals surface area contributed by atoms with Gasteiger partial charge in [-0.15, -0.1) is 0 Å². The summed E-state index contributed by atoms with van der Waals surface area (Å²) in [6.07, 6.45) is 1.28. The highest BCUT2D eigenvalue weighted by molar-refractivity contribution is 6.06. The summed E-state index contributed by atoms with van der Waals surface area (Å²) in [7, 11) is 2.81. The Kier molecular flexibility index (Phi) is 6.89. The molecule has 3 aromatic rings. The van der Waals surface area contributed by atoms with Gasteiger partial charge in [-0.1, -0.05) is 27.2 Å². The number of amides is 1. The highest BCUT2D eigenvalue weighted by Gasteiger charge is 2.26. The fourth-order valence-electron chi connectivity index (χ4n) is 3.73. The van der Waals surface area contributed by atoms with Gasteiger partial charge >= 0.3 is 11.4 Å². The smallest absolute Gasteiger partial charge is 0.332 e. The lowest BCUT2D eigenvalue weighted by molar-refractivity contribution is 0.0981. The van der Waals surface area contributed by atoms with E-state index in [0.29, 0.717) is 6.42 Å². The summed E-state index contributed by atoms with van der Waals surface area (Å²) in [5.41, 5.74) is 3.50. The van der Waals surface area contributed by atoms with E-state index in [1.54, 1.807) is 0 Å². The number of nitrogen functional groups attached to an aromatic ring is 1. The van der Waals surface area contributed by atoms with Gasteiger partial charge in [0.1, 0.15) is 17.2 Å². The zero-order valence-corrected chi connectivity index (χ0v) is 19.9. The van der Waals surface area contributed by atoms with E-state index >= 15 is 0 Å². The standard InChI is InChI=1S/C22H29N7O5/c1-6-7-10-28(15-16(23)29(11-12(2)3)21(33)25-18(15)30)20(32)14-9-8-13-17(24-14)26(4)22(34)27(5)19(13)31/h8-9,12H,6-7,10-11,23H2,1-5H3,(H,25,30,33). The fourth-order valence-corrected chi connectivity index (χ4v) is 3.73. The second-order valence-electron chi connectivity index (χ2n) is 8.58. The molecular formula is C22H29N7O5. The van der Waals surface area contributed by atoms with Crippen molar-refractivity contribution >= 4 is 28.4 Å². The van der Waals surface area contributed by atoms with Crippen molar-refractivity contribution in [2.24, 2.45) is 20.0 Å². The van der Waals surface area contributed by atoms with Gasteiger partial charge in [-0.05, 0) is 24.5 Å². The number of pyridine rings is 1. The molecule has 182 valence electrons. The van der Waals surface area contributed by atoms with Gasteiger partial charge in [0.05, 0.1) is 5.39 Å². The predicted molar refractivity (Wildman–Crippen MR) is 129 cm³/mol. The largest absolute Gasteiger partial charge is 0.383 e. The minimum absolute atomic E-state index is 0.0426. The number of carbonyl (C=O) groups is 1. The Morgan fingerprint density at radius 3 is 2.44 bits per heavy atom. The summed E-state index contributed by atoms with van der Waals surface area (Å²) in [6, 6.07) is 2.78. The van der Waals surface area contributed by atoms with E-state index in [1.165, 1.54) is 40.3 Å². The maximum absolute atomic E-state index is 13.6. The minimum Gasteiger partial charge on any atom is -0.383 e. The molecule has 0 radical (unpaired) electrons. The third-order valence-corrected chi connectivity index (χ3v) is 5.53. The van der Waals surface area contributed by atoms with Crippen molar-refractivity contribution in [1.82, 2.24) is 23.7 Å². The van der Waals surface area contributed by atoms with Crippen LogP contribution in [0.15, 0.2) is 31.3 Å². The molecule has 0 spiro atoms. The number of rotatable bonds is 7. The lowest BCUT2D eigenvalue weighted by Crippen LogP contribution is -2.42. The number of nitrogens with two attached hydrogens (primary N) is 1. The first kappa shape index (κ1) is 24.7. The van der Waals surface area contributed by atoms with Gasteiger partial charge in [-0.25, -0.2) is 14.6 Å². The maximum atomic E-state index is 13.6. The molecule has 1 amide bonds. The molecular weight excluding hydrogens is 442 g/mol. The zero-order valence-electron chi connectivity index (χ0n) is 19.9. The lowest BCUT2D eigenvalue weighted by atomic mass is 10.2. The van der Waals surface area contributed by atoms with Gasteiger partial charge in [0.25, 0.3) is 17.0 Å². The third-order valence-electron chi connectivity index (χ3n) is 5.53. The van der Waals surface area contributed by atoms with Crippen molar-refractivity contribution in [1.29, 1.82) is 0 Å². The molecule has 0 unspecified atom stereocenters. The molecule has 3 N–H and O–H groups in total. The van der Waals surface area contributed by atoms with Crippen molar-refractivity contribution in [3.8, 4) is 0 Å². The molecule has 0 aliphatic heterocycles. The minimum atomic E-state index is -0.783. The number of unbranched alkanes of at least 4 members (excludes halogenated alkanes) is 1. The molecule has 0 aromatic carbocycles. The van der Waals surface area contributed by atoms with Crippen LogP contribution in [0.3, 0.4) is 0 Å². The van der Waals surface area contributed by atoms with Crippen LogP contribution >= 0.6 is 0 Å². The molecule has 0 aliphatic carbocycles. The second kappa shape index (κ2) is 9.49. The van der Waals surface area contributed by atoms with E-state index in [9.17, 15) is 24.0 Å². The highest BCUT2D eigenvalue weighted by atomic mass is 16.2. The van der Waals surface area contributed by atoms with Crippen LogP contribution in [0.2, 0.25) is 0 Å². The van der Waals surface area contributed by atoms with Crippen LogP contribution in [0.5, 0.6) is 0 Å². The van der Waals surface area contributed by atoms with Crippen LogP contribution in [0.25, 0.3) is 11.0 Å². The Labute approximate surface area is 194 Å². The Hall–Kier alpha value is -3.96. The number of anilines is 2. The molecule has 3 aromatic heterocycles. The molecule has 0 saturated carbocycles. The van der Waals surface area contributed by atoms with Crippen molar-refractivity contribution in [3.05, 3.63) is 59.5 Å². The Balaban J connectivity index is 2.22. The first-order chi connectivity index (χ1) is 16.0. The number of hydrogen-bond acceptors (Lipinski definition) is 7. The molecule has 12 heteroatoms. The first-order valence-electron chi connectivity index (χ1n) is 11.0. The normalized spacial score (nSPS) is 11.4. The number of hydrogen-bond donors (Lipinski definition) is 2. The maximum Gasteiger partial charge on any atom is 0.332 e. The van der Waals surface area contributed by atoms with Crippen LogP contribution in [0.4, 0.5) is 11.5 Å². The predicted octanol–water partition coefficient (Wildman–Crippen LogP) is 0.167. The number of aromatic amines is 1. The molecule has 0 atom stereocenters. The van der Waals surface area contributed by atoms with Gasteiger partial charge < -0.3 is 5.73 Å². The van der Waals surface area contributed by atoms with Crippen molar-refractivity contribution in [2.45, 2.75) is 40.2 Å². The molecule has 0 saturated heterocycles. The van der Waals surface area contributed by atoms with Crippen molar-refractivity contribution in [2.75, 3.05) is 17.2 Å². The van der Waals surface area contributed by atoms with Crippen LogP contribution in [-0.2, 0) is 20.6 Å². The van der Waals surface area contributed by atoms with E-state index in [1.807, 2.05) is 20.8 Å². The molecule has 0 aliphatic rings. The summed E-state index contributed by atoms with van der Waals surface area (Å²) >= 11 is 0. The monoisotopic (exact) mass is 471 g/mol. The fraction of sp³-hybridized carbons (Fsp3) is 0.455. The average molecular weight is 472 g/mol. The summed E-state index contributed by atoms with van der Waals surface area (Å²) < 4.78 is 3.36. The van der Waals surface area contributed by atoms with E-state index in [2.05, 4.69) is 9.97 Å². The topological polar surface area (TPSA) is 158 Å². The Morgan fingerprint density at radius 2 is 1.82 bits per heavy atom. The van der Waals surface area contributed by atoms with Gasteiger partial charge in [0, 0.05) is 27.2 Å². The van der Waals surface area contributed by atoms with Crippen LogP contribution in [0, 0.1) is 5.92 Å². The van der Waals surface area contributed by atoms with E-state index in [4.69, 9.17) is 5.73 Å². The number of aromatic nitrogens is 5. The third kappa shape index (κ3) is 4.30. The molecule has 3 rings (SSSR count). The van der Waals surface area contributed by atoms with Gasteiger partial charge in [-0.3, -0.25) is 38.0 Å². The van der Waals surface area contributed by atoms with Crippen LogP contribution in [0.1, 0.15) is 44.1 Å². The first-order valence-corrected chi connectivity index (χ1v) is 11.0. The van der Waals surface area contributed by atoms with Crippen molar-refractivity contribution in [3.63, 3.8) is 0 Å². The molecule has 12 nitrogen and oxygen atoms in total. The SMILES string of the molecule is CCCCN(C(=O)c1ccc2c(=O)n(C)c(=O)n(C)c2n1)c1c(N)n(CC(C)C)c(=O)[nH]c1=O. The van der Waals surface area contributed by atoms with Crippen molar-refractivity contribution < 1.29 is 4.79 Å². The number of H-pyrrole nitrogens is 1. The Morgan fingerprint density at radius 1 is 1.15 bits per heavy atom. The highest BCUT2D eigenvalue weighted by Crippen LogP contribution is 2.21. The number of nitrogens with zero attached hydrogens (tertiary/aromatic N) is 5. The van der Waals surface area contributed by atoms with E-state index in [-0.39, 0.29) is 47.2 Å². The molecule has 0 bridgehead atoms. The molecule has 3 heterocycles. The molecule has 34 heavy (non-hydrogen) atoms. The number of aryl methyl sites for hydroxylation is 1. The second-order valence-corrected chi connectivity index (χ2v) is 8.58. The number of fused-ring (bicyclic) bond motifs is 1. The summed E-state index contributed by atoms with van der Waals surface area (Å²) in [5.74, 6) is -0.700. The average Bonchev–Trinajstić information content (AvgIpc) is 2.80. The van der Waals surface area contributed by atoms with Gasteiger partial charge in [0.2, 0.25) is 0 Å². The number of carbonyl (C=O) groups excluding carboxylic acids is 1. The Bertz CT molecular complexity index is 1490. The lowest BCUT2D eigenvalue weighted by Gasteiger charge is -2.24. The summed E-state index contributed by atoms with van der Waals surface area (Å²) in [6.45, 7) is 6.12. The van der Waals surface area contributed by atoms with E-state index in [0.717, 1.165) is 11.0 Å². The van der Waals surface area contributed by atoms with Gasteiger partial charge in [-0.2, -0.15) is 0 Å². The zero-order chi connectivity index (χ0) is 25.3. The summed E-state index contributed by atoms with van der Waals surface area (Å²) in [4.78, 5) is 71.2. The van der Waals surface area contributed by atoms with Gasteiger partial charge in [0.15, 0.2) is 5.69 Å².